The van der Waals surface area contributed by atoms with Crippen molar-refractivity contribution >= 4 is 29.6 Å². The highest BCUT2D eigenvalue weighted by atomic mass is 15.3. The van der Waals surface area contributed by atoms with Crippen molar-refractivity contribution in [3.63, 3.8) is 0 Å². The number of likely N-dealkylation sites (N-methyl/N-ethyl adjacent to an activating group) is 1. The third-order valence-electron chi connectivity index (χ3n) is 5.96. The first-order valence-electron chi connectivity index (χ1n) is 11.6. The summed E-state index contributed by atoms with van der Waals surface area (Å²) in [7, 11) is 2.15. The lowest BCUT2D eigenvalue weighted by atomic mass is 10.0. The van der Waals surface area contributed by atoms with Crippen molar-refractivity contribution in [3.8, 4) is 11.1 Å². The van der Waals surface area contributed by atoms with E-state index in [0.29, 0.717) is 5.82 Å². The molecule has 0 spiro atoms. The van der Waals surface area contributed by atoms with Gasteiger partial charge in [-0.25, -0.2) is 9.97 Å². The van der Waals surface area contributed by atoms with Crippen molar-refractivity contribution in [1.82, 2.24) is 25.1 Å². The zero-order valence-electron chi connectivity index (χ0n) is 19.6. The fraction of sp³-hybridized carbons (Fsp3) is 0.222. The lowest BCUT2D eigenvalue weighted by Gasteiger charge is -2.33. The van der Waals surface area contributed by atoms with Gasteiger partial charge in [0.2, 0.25) is 0 Å². The van der Waals surface area contributed by atoms with Gasteiger partial charge in [0.15, 0.2) is 11.6 Å². The molecule has 0 saturated carbocycles. The maximum atomic E-state index is 4.85. The van der Waals surface area contributed by atoms with E-state index in [1.165, 1.54) is 11.1 Å². The van der Waals surface area contributed by atoms with Gasteiger partial charge in [0.25, 0.3) is 0 Å². The fourth-order valence-corrected chi connectivity index (χ4v) is 3.99. The number of H-pyrrole nitrogens is 1. The van der Waals surface area contributed by atoms with E-state index in [9.17, 15) is 0 Å². The van der Waals surface area contributed by atoms with E-state index in [1.54, 1.807) is 0 Å². The van der Waals surface area contributed by atoms with Gasteiger partial charge in [0.1, 0.15) is 11.6 Å². The number of nitrogens with zero attached hydrogens (tertiary/aromatic N) is 5. The molecule has 3 heterocycles. The van der Waals surface area contributed by atoms with Crippen LogP contribution in [-0.2, 0) is 0 Å². The van der Waals surface area contributed by atoms with Crippen LogP contribution in [0.25, 0.3) is 23.3 Å². The Labute approximate surface area is 200 Å². The molecule has 2 aromatic carbocycles. The van der Waals surface area contributed by atoms with Gasteiger partial charge in [0.05, 0.1) is 0 Å². The van der Waals surface area contributed by atoms with E-state index < -0.39 is 0 Å². The molecule has 172 valence electrons. The Morgan fingerprint density at radius 2 is 1.56 bits per heavy atom. The predicted molar refractivity (Wildman–Crippen MR) is 139 cm³/mol. The summed E-state index contributed by atoms with van der Waals surface area (Å²) in [5, 5.41) is 10.6. The summed E-state index contributed by atoms with van der Waals surface area (Å²) in [4.78, 5) is 14.2. The van der Waals surface area contributed by atoms with Crippen molar-refractivity contribution in [3.05, 3.63) is 83.8 Å². The maximum Gasteiger partial charge on any atom is 0.156 e. The van der Waals surface area contributed by atoms with Crippen LogP contribution in [0.4, 0.5) is 17.5 Å². The summed E-state index contributed by atoms with van der Waals surface area (Å²) in [6, 6.07) is 22.9. The number of aromatic nitrogens is 4. The van der Waals surface area contributed by atoms with E-state index in [-0.39, 0.29) is 0 Å². The summed E-state index contributed by atoms with van der Waals surface area (Å²) in [6.45, 7) is 5.90. The van der Waals surface area contributed by atoms with Crippen LogP contribution in [0.5, 0.6) is 0 Å². The van der Waals surface area contributed by atoms with Crippen LogP contribution in [0, 0.1) is 6.92 Å². The normalized spacial score (nSPS) is 14.6. The van der Waals surface area contributed by atoms with Crippen LogP contribution in [0.1, 0.15) is 17.1 Å². The van der Waals surface area contributed by atoms with Gasteiger partial charge in [-0.15, -0.1) is 0 Å². The number of benzene rings is 2. The molecule has 7 nitrogen and oxygen atoms in total. The standard InChI is InChI=1S/C27H29N7/c1-20-18-26(32-31-20)29-25-19-27(34-16-14-33(2)15-17-34)30-24(28-25)13-10-21-8-11-23(12-9-21)22-6-4-3-5-7-22/h3-13,18-19H,14-17H2,1-2H3,(H2,28,29,30,31,32). The number of piperazine rings is 1. The highest BCUT2D eigenvalue weighted by molar-refractivity contribution is 5.71. The number of hydrogen-bond acceptors (Lipinski definition) is 6. The number of nitrogens with one attached hydrogen (secondary N) is 2. The van der Waals surface area contributed by atoms with Crippen LogP contribution >= 0.6 is 0 Å². The smallest absolute Gasteiger partial charge is 0.156 e. The second kappa shape index (κ2) is 9.89. The summed E-state index contributed by atoms with van der Waals surface area (Å²) in [6.07, 6.45) is 4.03. The van der Waals surface area contributed by atoms with E-state index in [2.05, 4.69) is 87.0 Å². The second-order valence-electron chi connectivity index (χ2n) is 8.64. The molecule has 0 unspecified atom stereocenters. The predicted octanol–water partition coefficient (Wildman–Crippen LogP) is 4.84. The molecule has 5 rings (SSSR count). The van der Waals surface area contributed by atoms with Crippen LogP contribution in [0.2, 0.25) is 0 Å². The largest absolute Gasteiger partial charge is 0.354 e. The highest BCUT2D eigenvalue weighted by Crippen LogP contribution is 2.23. The van der Waals surface area contributed by atoms with Crippen molar-refractivity contribution < 1.29 is 0 Å². The molecular formula is C27H29N7. The minimum absolute atomic E-state index is 0.665. The van der Waals surface area contributed by atoms with Gasteiger partial charge in [-0.1, -0.05) is 60.7 Å². The lowest BCUT2D eigenvalue weighted by Crippen LogP contribution is -2.44. The number of aryl methyl sites for hydroxylation is 1. The number of hydrogen-bond donors (Lipinski definition) is 2. The molecule has 34 heavy (non-hydrogen) atoms. The number of aromatic amines is 1. The maximum absolute atomic E-state index is 4.85. The zero-order valence-corrected chi connectivity index (χ0v) is 19.6. The summed E-state index contributed by atoms with van der Waals surface area (Å²) < 4.78 is 0. The highest BCUT2D eigenvalue weighted by Gasteiger charge is 2.17. The quantitative estimate of drug-likeness (QED) is 0.437. The summed E-state index contributed by atoms with van der Waals surface area (Å²) in [5.74, 6) is 3.07. The van der Waals surface area contributed by atoms with Crippen LogP contribution in [-0.4, -0.2) is 58.3 Å². The molecule has 2 aromatic heterocycles. The third kappa shape index (κ3) is 5.32. The topological polar surface area (TPSA) is 73.0 Å². The molecule has 7 heteroatoms. The average Bonchev–Trinajstić information content (AvgIpc) is 3.28. The zero-order chi connectivity index (χ0) is 23.3. The first-order chi connectivity index (χ1) is 16.6. The van der Waals surface area contributed by atoms with E-state index in [1.807, 2.05) is 31.2 Å². The van der Waals surface area contributed by atoms with Gasteiger partial charge in [0, 0.05) is 44.0 Å². The van der Waals surface area contributed by atoms with Crippen molar-refractivity contribution in [2.45, 2.75) is 6.92 Å². The Bertz CT molecular complexity index is 1250. The van der Waals surface area contributed by atoms with Gasteiger partial charge in [-0.05, 0) is 36.7 Å². The average molecular weight is 452 g/mol. The Kier molecular flexibility index (Phi) is 6.35. The summed E-state index contributed by atoms with van der Waals surface area (Å²) in [5.41, 5.74) is 4.51. The summed E-state index contributed by atoms with van der Waals surface area (Å²) >= 11 is 0. The Morgan fingerprint density at radius 1 is 0.824 bits per heavy atom. The molecule has 1 aliphatic rings. The Balaban J connectivity index is 1.39. The number of rotatable bonds is 6. The van der Waals surface area contributed by atoms with E-state index in [0.717, 1.165) is 54.9 Å². The van der Waals surface area contributed by atoms with E-state index >= 15 is 0 Å². The molecule has 4 aromatic rings. The fourth-order valence-electron chi connectivity index (χ4n) is 3.99. The molecule has 0 radical (unpaired) electrons. The SMILES string of the molecule is Cc1cc(Nc2cc(N3CCN(C)CC3)nc(C=Cc3ccc(-c4ccccc4)cc3)n2)n[nH]1. The number of anilines is 3. The van der Waals surface area contributed by atoms with Crippen LogP contribution in [0.3, 0.4) is 0 Å². The van der Waals surface area contributed by atoms with Crippen molar-refractivity contribution in [1.29, 1.82) is 0 Å². The van der Waals surface area contributed by atoms with E-state index in [4.69, 9.17) is 9.97 Å². The Hall–Kier alpha value is -3.97. The monoisotopic (exact) mass is 451 g/mol. The van der Waals surface area contributed by atoms with Crippen LogP contribution < -0.4 is 10.2 Å². The Morgan fingerprint density at radius 3 is 2.26 bits per heavy atom. The molecule has 0 amide bonds. The van der Waals surface area contributed by atoms with Gasteiger partial charge >= 0.3 is 0 Å². The molecule has 2 N–H and O–H groups in total. The lowest BCUT2D eigenvalue weighted by molar-refractivity contribution is 0.312. The van der Waals surface area contributed by atoms with Crippen molar-refractivity contribution in [2.24, 2.45) is 0 Å². The van der Waals surface area contributed by atoms with Crippen LogP contribution in [0.15, 0.2) is 66.7 Å². The molecule has 1 saturated heterocycles. The van der Waals surface area contributed by atoms with Crippen molar-refractivity contribution in [2.75, 3.05) is 43.4 Å². The first kappa shape index (κ1) is 21.9. The minimum Gasteiger partial charge on any atom is -0.354 e. The van der Waals surface area contributed by atoms with Gasteiger partial charge in [-0.2, -0.15) is 5.10 Å². The first-order valence-corrected chi connectivity index (χ1v) is 11.6. The minimum atomic E-state index is 0.665. The molecule has 1 fully saturated rings. The third-order valence-corrected chi connectivity index (χ3v) is 5.96. The molecule has 0 atom stereocenters. The molecule has 0 aliphatic carbocycles. The van der Waals surface area contributed by atoms with Gasteiger partial charge in [-0.3, -0.25) is 5.10 Å². The molecule has 0 bridgehead atoms. The molecular weight excluding hydrogens is 422 g/mol. The van der Waals surface area contributed by atoms with Gasteiger partial charge < -0.3 is 15.1 Å². The second-order valence-corrected chi connectivity index (χ2v) is 8.64. The molecule has 1 aliphatic heterocycles.